The first-order valence-electron chi connectivity index (χ1n) is 4.17. The Bertz CT molecular complexity index is 95.3. The van der Waals surface area contributed by atoms with E-state index in [1.165, 1.54) is 19.3 Å². The van der Waals surface area contributed by atoms with E-state index >= 15 is 0 Å². The normalized spacial score (nSPS) is 33.0. The Balaban J connectivity index is 2.15. The molecule has 2 heteroatoms. The molecule has 2 nitrogen and oxygen atoms in total. The van der Waals surface area contributed by atoms with Crippen LogP contribution in [0.2, 0.25) is 0 Å². The average Bonchev–Trinajstić information content (AvgIpc) is 2.37. The van der Waals surface area contributed by atoms with Crippen molar-refractivity contribution in [3.8, 4) is 0 Å². The highest BCUT2D eigenvalue weighted by molar-refractivity contribution is 4.73. The minimum Gasteiger partial charge on any atom is -0.374 e. The van der Waals surface area contributed by atoms with Crippen LogP contribution in [0.3, 0.4) is 0 Å². The maximum Gasteiger partial charge on any atom is 0.0704 e. The summed E-state index contributed by atoms with van der Waals surface area (Å²) in [5.74, 6) is 0. The molecule has 1 aliphatic rings. The number of hydrogen-bond acceptors (Lipinski definition) is 2. The highest BCUT2D eigenvalue weighted by Crippen LogP contribution is 2.20. The molecule has 0 bridgehead atoms. The van der Waals surface area contributed by atoms with Crippen LogP contribution in [0.4, 0.5) is 0 Å². The van der Waals surface area contributed by atoms with Crippen LogP contribution in [0, 0.1) is 0 Å². The van der Waals surface area contributed by atoms with E-state index in [9.17, 15) is 0 Å². The molecule has 1 aliphatic heterocycles. The van der Waals surface area contributed by atoms with Crippen LogP contribution in [-0.2, 0) is 4.74 Å². The van der Waals surface area contributed by atoms with Crippen LogP contribution in [0.15, 0.2) is 0 Å². The van der Waals surface area contributed by atoms with Crippen LogP contribution in [0.25, 0.3) is 0 Å². The molecule has 0 aromatic heterocycles. The molecular weight excluding hydrogens is 126 g/mol. The predicted octanol–water partition coefficient (Wildman–Crippen LogP) is 1.16. The topological polar surface area (TPSA) is 21.3 Å². The van der Waals surface area contributed by atoms with E-state index in [1.807, 2.05) is 7.05 Å². The minimum absolute atomic E-state index is 0.481. The highest BCUT2D eigenvalue weighted by atomic mass is 16.5. The molecule has 1 saturated heterocycles. The van der Waals surface area contributed by atoms with Gasteiger partial charge in [0.15, 0.2) is 0 Å². The van der Waals surface area contributed by atoms with Gasteiger partial charge in [-0.2, -0.15) is 0 Å². The molecule has 1 rings (SSSR count). The van der Waals surface area contributed by atoms with Crippen molar-refractivity contribution in [1.29, 1.82) is 0 Å². The van der Waals surface area contributed by atoms with E-state index in [4.69, 9.17) is 4.74 Å². The molecule has 1 N–H and O–H groups in total. The molecule has 1 fully saturated rings. The molecule has 10 heavy (non-hydrogen) atoms. The first-order chi connectivity index (χ1) is 4.86. The lowest BCUT2D eigenvalue weighted by Gasteiger charge is -2.10. The Morgan fingerprint density at radius 1 is 1.40 bits per heavy atom. The first kappa shape index (κ1) is 8.02. The van der Waals surface area contributed by atoms with Crippen LogP contribution in [0.5, 0.6) is 0 Å². The summed E-state index contributed by atoms with van der Waals surface area (Å²) in [5.41, 5.74) is 0. The monoisotopic (exact) mass is 143 g/mol. The summed E-state index contributed by atoms with van der Waals surface area (Å²) in [4.78, 5) is 0. The molecule has 0 aromatic rings. The second kappa shape index (κ2) is 3.94. The third-order valence-electron chi connectivity index (χ3n) is 2.08. The van der Waals surface area contributed by atoms with E-state index in [0.717, 1.165) is 6.54 Å². The lowest BCUT2D eigenvalue weighted by atomic mass is 10.1. The van der Waals surface area contributed by atoms with Gasteiger partial charge in [-0.3, -0.25) is 0 Å². The number of nitrogens with one attached hydrogen (secondary N) is 1. The molecule has 0 aliphatic carbocycles. The van der Waals surface area contributed by atoms with E-state index in [-0.39, 0.29) is 0 Å². The van der Waals surface area contributed by atoms with Gasteiger partial charge in [0.25, 0.3) is 0 Å². The van der Waals surface area contributed by atoms with Gasteiger partial charge < -0.3 is 10.1 Å². The van der Waals surface area contributed by atoms with Crippen molar-refractivity contribution in [2.75, 3.05) is 13.6 Å². The van der Waals surface area contributed by atoms with Crippen molar-refractivity contribution in [2.24, 2.45) is 0 Å². The summed E-state index contributed by atoms with van der Waals surface area (Å²) < 4.78 is 5.69. The highest BCUT2D eigenvalue weighted by Gasteiger charge is 2.22. The Kier molecular flexibility index (Phi) is 3.16. The van der Waals surface area contributed by atoms with Gasteiger partial charge in [-0.05, 0) is 26.3 Å². The lowest BCUT2D eigenvalue weighted by molar-refractivity contribution is 0.0447. The van der Waals surface area contributed by atoms with E-state index < -0.39 is 0 Å². The van der Waals surface area contributed by atoms with Crippen LogP contribution < -0.4 is 5.32 Å². The van der Waals surface area contributed by atoms with Gasteiger partial charge in [0.1, 0.15) is 0 Å². The largest absolute Gasteiger partial charge is 0.374 e. The first-order valence-corrected chi connectivity index (χ1v) is 4.17. The standard InChI is InChI=1S/C8H17NO/c1-3-7-4-5-8(10-7)6-9-2/h7-9H,3-6H2,1-2H3. The summed E-state index contributed by atoms with van der Waals surface area (Å²) >= 11 is 0. The molecule has 0 amide bonds. The zero-order valence-corrected chi connectivity index (χ0v) is 6.89. The van der Waals surface area contributed by atoms with Crippen molar-refractivity contribution in [3.63, 3.8) is 0 Å². The average molecular weight is 143 g/mol. The number of ether oxygens (including phenoxy) is 1. The Morgan fingerprint density at radius 3 is 2.60 bits per heavy atom. The van der Waals surface area contributed by atoms with Crippen molar-refractivity contribution < 1.29 is 4.74 Å². The predicted molar refractivity (Wildman–Crippen MR) is 42.1 cm³/mol. The molecule has 0 radical (unpaired) electrons. The van der Waals surface area contributed by atoms with Gasteiger partial charge in [-0.15, -0.1) is 0 Å². The van der Waals surface area contributed by atoms with Crippen molar-refractivity contribution in [1.82, 2.24) is 5.32 Å². The van der Waals surface area contributed by atoms with E-state index in [1.54, 1.807) is 0 Å². The summed E-state index contributed by atoms with van der Waals surface area (Å²) in [7, 11) is 1.97. The second-order valence-corrected chi connectivity index (χ2v) is 2.92. The summed E-state index contributed by atoms with van der Waals surface area (Å²) in [6, 6.07) is 0. The Hall–Kier alpha value is -0.0800. The molecule has 2 atom stereocenters. The van der Waals surface area contributed by atoms with Gasteiger partial charge in [0, 0.05) is 6.54 Å². The second-order valence-electron chi connectivity index (χ2n) is 2.92. The fourth-order valence-electron chi connectivity index (χ4n) is 1.46. The molecule has 0 saturated carbocycles. The van der Waals surface area contributed by atoms with Crippen LogP contribution in [0.1, 0.15) is 26.2 Å². The maximum atomic E-state index is 5.69. The smallest absolute Gasteiger partial charge is 0.0704 e. The fraction of sp³-hybridized carbons (Fsp3) is 1.00. The van der Waals surface area contributed by atoms with Crippen LogP contribution >= 0.6 is 0 Å². The lowest BCUT2D eigenvalue weighted by Crippen LogP contribution is -2.23. The molecule has 0 aromatic carbocycles. The third-order valence-corrected chi connectivity index (χ3v) is 2.08. The number of likely N-dealkylation sites (N-methyl/N-ethyl adjacent to an activating group) is 1. The van der Waals surface area contributed by atoms with Gasteiger partial charge in [-0.1, -0.05) is 6.92 Å². The van der Waals surface area contributed by atoms with Gasteiger partial charge in [-0.25, -0.2) is 0 Å². The van der Waals surface area contributed by atoms with Gasteiger partial charge in [0.2, 0.25) is 0 Å². The van der Waals surface area contributed by atoms with Gasteiger partial charge in [0.05, 0.1) is 12.2 Å². The maximum absolute atomic E-state index is 5.69. The molecular formula is C8H17NO. The zero-order chi connectivity index (χ0) is 7.40. The fourth-order valence-corrected chi connectivity index (χ4v) is 1.46. The zero-order valence-electron chi connectivity index (χ0n) is 6.89. The van der Waals surface area contributed by atoms with Gasteiger partial charge >= 0.3 is 0 Å². The van der Waals surface area contributed by atoms with Crippen molar-refractivity contribution in [2.45, 2.75) is 38.4 Å². The quantitative estimate of drug-likeness (QED) is 0.640. The Labute approximate surface area is 63.0 Å². The van der Waals surface area contributed by atoms with E-state index in [0.29, 0.717) is 12.2 Å². The summed E-state index contributed by atoms with van der Waals surface area (Å²) in [6.07, 6.45) is 4.68. The SMILES string of the molecule is CCC1CCC(CNC)O1. The number of rotatable bonds is 3. The molecule has 2 unspecified atom stereocenters. The molecule has 1 heterocycles. The third kappa shape index (κ3) is 1.96. The van der Waals surface area contributed by atoms with Crippen LogP contribution in [-0.4, -0.2) is 25.8 Å². The molecule has 0 spiro atoms. The summed E-state index contributed by atoms with van der Waals surface area (Å²) in [5, 5.41) is 3.13. The Morgan fingerprint density at radius 2 is 2.10 bits per heavy atom. The number of hydrogen-bond donors (Lipinski definition) is 1. The summed E-state index contributed by atoms with van der Waals surface area (Å²) in [6.45, 7) is 3.20. The van der Waals surface area contributed by atoms with E-state index in [2.05, 4.69) is 12.2 Å². The minimum atomic E-state index is 0.481. The van der Waals surface area contributed by atoms with Crippen molar-refractivity contribution >= 4 is 0 Å². The van der Waals surface area contributed by atoms with Crippen molar-refractivity contribution in [3.05, 3.63) is 0 Å². The molecule has 60 valence electrons.